The molecular formula is C31H40ClFN6O4. The Morgan fingerprint density at radius 2 is 1.56 bits per heavy atom. The Kier molecular flexibility index (Phi) is 10.4. The minimum atomic E-state index is -0.476. The van der Waals surface area contributed by atoms with Crippen molar-refractivity contribution in [3.05, 3.63) is 47.5 Å². The molecule has 0 unspecified atom stereocenters. The number of rotatable bonds is 11. The molecule has 3 aromatic rings. The summed E-state index contributed by atoms with van der Waals surface area (Å²) in [6.07, 6.45) is 3.11. The minimum absolute atomic E-state index is 0.0139. The molecule has 1 aromatic heterocycles. The number of fused-ring (bicyclic) bond motifs is 1. The summed E-state index contributed by atoms with van der Waals surface area (Å²) in [6.45, 7) is 13.0. The van der Waals surface area contributed by atoms with Crippen LogP contribution in [0.2, 0.25) is 5.02 Å². The minimum Gasteiger partial charge on any atom is -0.492 e. The van der Waals surface area contributed by atoms with Gasteiger partial charge in [-0.15, -0.1) is 0 Å². The van der Waals surface area contributed by atoms with Gasteiger partial charge < -0.3 is 24.3 Å². The van der Waals surface area contributed by atoms with E-state index in [0.29, 0.717) is 48.3 Å². The summed E-state index contributed by atoms with van der Waals surface area (Å²) in [6, 6.07) is 8.32. The van der Waals surface area contributed by atoms with E-state index in [-0.39, 0.29) is 11.1 Å². The largest absolute Gasteiger partial charge is 0.492 e. The topological polar surface area (TPSA) is 84.5 Å². The van der Waals surface area contributed by atoms with Gasteiger partial charge in [-0.1, -0.05) is 11.6 Å². The zero-order chi connectivity index (χ0) is 29.4. The number of hydrogen-bond donors (Lipinski definition) is 1. The first-order chi connectivity index (χ1) is 21.1. The number of benzene rings is 2. The summed E-state index contributed by atoms with van der Waals surface area (Å²) in [5, 5.41) is 4.03. The zero-order valence-corrected chi connectivity index (χ0v) is 25.2. The van der Waals surface area contributed by atoms with E-state index in [1.807, 2.05) is 12.1 Å². The fourth-order valence-corrected chi connectivity index (χ4v) is 5.90. The lowest BCUT2D eigenvalue weighted by Crippen LogP contribution is -2.50. The molecule has 232 valence electrons. The third-order valence-corrected chi connectivity index (χ3v) is 8.59. The molecule has 12 heteroatoms. The van der Waals surface area contributed by atoms with Crippen LogP contribution >= 0.6 is 11.6 Å². The molecule has 0 radical (unpaired) electrons. The lowest BCUT2D eigenvalue weighted by atomic mass is 10.1. The van der Waals surface area contributed by atoms with Gasteiger partial charge in [0.1, 0.15) is 42.2 Å². The molecular weight excluding hydrogens is 575 g/mol. The Balaban J connectivity index is 1.09. The van der Waals surface area contributed by atoms with Crippen molar-refractivity contribution in [1.82, 2.24) is 24.7 Å². The Morgan fingerprint density at radius 1 is 0.860 bits per heavy atom. The fraction of sp³-hybridized carbons (Fsp3) is 0.548. The van der Waals surface area contributed by atoms with E-state index in [2.05, 4.69) is 30.0 Å². The quantitative estimate of drug-likeness (QED) is 0.341. The molecule has 6 rings (SSSR count). The Hall–Kier alpha value is -2.80. The molecule has 0 spiro atoms. The van der Waals surface area contributed by atoms with Crippen molar-refractivity contribution in [3.63, 3.8) is 0 Å². The van der Waals surface area contributed by atoms with Crippen molar-refractivity contribution >= 4 is 34.0 Å². The van der Waals surface area contributed by atoms with Crippen LogP contribution in [0.3, 0.4) is 0 Å². The molecule has 0 atom stereocenters. The molecule has 0 bridgehead atoms. The number of morpholine rings is 1. The molecule has 2 aromatic carbocycles. The lowest BCUT2D eigenvalue weighted by Gasteiger charge is -2.36. The van der Waals surface area contributed by atoms with Gasteiger partial charge in [0.25, 0.3) is 0 Å². The maximum atomic E-state index is 13.8. The van der Waals surface area contributed by atoms with Gasteiger partial charge in [0.2, 0.25) is 0 Å². The van der Waals surface area contributed by atoms with Crippen molar-refractivity contribution in [1.29, 1.82) is 0 Å². The number of halogens is 2. The first-order valence-electron chi connectivity index (χ1n) is 15.2. The normalized spacial score (nSPS) is 19.5. The van der Waals surface area contributed by atoms with Crippen LogP contribution in [0.1, 0.15) is 12.8 Å². The molecule has 3 saturated heterocycles. The smallest absolute Gasteiger partial charge is 0.145 e. The number of nitrogens with one attached hydrogen (secondary N) is 1. The average Bonchev–Trinajstić information content (AvgIpc) is 3.03. The molecule has 10 nitrogen and oxygen atoms in total. The van der Waals surface area contributed by atoms with Gasteiger partial charge in [-0.2, -0.15) is 0 Å². The van der Waals surface area contributed by atoms with E-state index in [1.165, 1.54) is 18.5 Å². The van der Waals surface area contributed by atoms with Gasteiger partial charge in [-0.25, -0.2) is 14.4 Å². The van der Waals surface area contributed by atoms with Gasteiger partial charge in [-0.3, -0.25) is 14.7 Å². The Labute approximate surface area is 257 Å². The lowest BCUT2D eigenvalue weighted by molar-refractivity contribution is 0.0261. The summed E-state index contributed by atoms with van der Waals surface area (Å²) < 4.78 is 37.5. The maximum Gasteiger partial charge on any atom is 0.145 e. The predicted octanol–water partition coefficient (Wildman–Crippen LogP) is 4.05. The van der Waals surface area contributed by atoms with Crippen LogP contribution in [-0.2, 0) is 9.47 Å². The number of aromatic nitrogens is 2. The third kappa shape index (κ3) is 8.23. The summed E-state index contributed by atoms with van der Waals surface area (Å²) in [4.78, 5) is 16.5. The summed E-state index contributed by atoms with van der Waals surface area (Å²) >= 11 is 6.02. The molecule has 0 amide bonds. The van der Waals surface area contributed by atoms with E-state index >= 15 is 0 Å². The monoisotopic (exact) mass is 614 g/mol. The molecule has 3 aliphatic rings. The van der Waals surface area contributed by atoms with E-state index in [0.717, 1.165) is 90.3 Å². The fourth-order valence-electron chi connectivity index (χ4n) is 5.72. The van der Waals surface area contributed by atoms with Crippen LogP contribution in [0.5, 0.6) is 11.5 Å². The molecule has 4 heterocycles. The van der Waals surface area contributed by atoms with Crippen molar-refractivity contribution in [2.75, 3.05) is 97.3 Å². The summed E-state index contributed by atoms with van der Waals surface area (Å²) in [5.74, 6) is 1.42. The van der Waals surface area contributed by atoms with Crippen molar-refractivity contribution in [2.45, 2.75) is 18.9 Å². The standard InChI is InChI=1S/C31H40ClFN6O4/c32-26-19-23(1-2-27(26)33)36-31-30-28(34-22-35-31)20-25(21-29(30)43-24-3-14-40-15-4-24)42-18-13-38-8-5-37(6-9-38)7-10-39-11-16-41-17-12-39/h1-2,19-22,24H,3-18H2,(H,34,35,36). The van der Waals surface area contributed by atoms with Crippen molar-refractivity contribution in [2.24, 2.45) is 0 Å². The van der Waals surface area contributed by atoms with Gasteiger partial charge in [-0.05, 0) is 18.2 Å². The molecule has 0 aliphatic carbocycles. The number of anilines is 2. The first-order valence-corrected chi connectivity index (χ1v) is 15.6. The average molecular weight is 615 g/mol. The molecule has 1 N–H and O–H groups in total. The number of ether oxygens (including phenoxy) is 4. The summed E-state index contributed by atoms with van der Waals surface area (Å²) in [7, 11) is 0. The third-order valence-electron chi connectivity index (χ3n) is 8.30. The molecule has 0 saturated carbocycles. The van der Waals surface area contributed by atoms with Gasteiger partial charge in [0.05, 0.1) is 42.4 Å². The van der Waals surface area contributed by atoms with Gasteiger partial charge >= 0.3 is 0 Å². The highest BCUT2D eigenvalue weighted by atomic mass is 35.5. The highest BCUT2D eigenvalue weighted by Crippen LogP contribution is 2.37. The van der Waals surface area contributed by atoms with Crippen LogP contribution in [-0.4, -0.2) is 123 Å². The number of nitrogens with zero attached hydrogens (tertiary/aromatic N) is 5. The first kappa shape index (κ1) is 30.2. The Morgan fingerprint density at radius 3 is 2.30 bits per heavy atom. The molecule has 3 fully saturated rings. The van der Waals surface area contributed by atoms with Gasteiger partial charge in [0.15, 0.2) is 0 Å². The maximum absolute atomic E-state index is 13.8. The molecule has 3 aliphatic heterocycles. The predicted molar refractivity (Wildman–Crippen MR) is 164 cm³/mol. The van der Waals surface area contributed by atoms with Gasteiger partial charge in [0, 0.05) is 89.6 Å². The van der Waals surface area contributed by atoms with Crippen LogP contribution in [0.25, 0.3) is 10.9 Å². The van der Waals surface area contributed by atoms with Crippen LogP contribution < -0.4 is 14.8 Å². The second kappa shape index (κ2) is 14.8. The zero-order valence-electron chi connectivity index (χ0n) is 24.5. The Bertz CT molecular complexity index is 1350. The van der Waals surface area contributed by atoms with Crippen molar-refractivity contribution in [3.8, 4) is 11.5 Å². The second-order valence-corrected chi connectivity index (χ2v) is 11.6. The van der Waals surface area contributed by atoms with E-state index in [4.69, 9.17) is 30.5 Å². The SMILES string of the molecule is Fc1ccc(Nc2ncnc3cc(OCCN4CCN(CCN5CCOCC5)CC4)cc(OC4CCOCC4)c23)cc1Cl. The number of piperazine rings is 1. The molecule has 43 heavy (non-hydrogen) atoms. The van der Waals surface area contributed by atoms with E-state index in [9.17, 15) is 4.39 Å². The van der Waals surface area contributed by atoms with Crippen LogP contribution in [0.4, 0.5) is 15.9 Å². The van der Waals surface area contributed by atoms with Crippen LogP contribution in [0.15, 0.2) is 36.7 Å². The van der Waals surface area contributed by atoms with E-state index < -0.39 is 5.82 Å². The number of hydrogen-bond acceptors (Lipinski definition) is 10. The summed E-state index contributed by atoms with van der Waals surface area (Å²) in [5.41, 5.74) is 1.31. The van der Waals surface area contributed by atoms with Crippen molar-refractivity contribution < 1.29 is 23.3 Å². The second-order valence-electron chi connectivity index (χ2n) is 11.2. The van der Waals surface area contributed by atoms with E-state index in [1.54, 1.807) is 6.07 Å². The highest BCUT2D eigenvalue weighted by molar-refractivity contribution is 6.31. The van der Waals surface area contributed by atoms with Crippen LogP contribution in [0, 0.1) is 5.82 Å². The highest BCUT2D eigenvalue weighted by Gasteiger charge is 2.21.